The highest BCUT2D eigenvalue weighted by atomic mass is 19.1. The standard InChI is InChI=1S/C12H14FN3O3/c1-6-4-7(5-6)15-12(17)10-8(13)2-3-9(11(10)14)16(18)19/h2-3,6-7H,4-5,14H2,1H3,(H,15,17). The van der Waals surface area contributed by atoms with E-state index in [0.717, 1.165) is 25.0 Å². The minimum atomic E-state index is -0.854. The highest BCUT2D eigenvalue weighted by Gasteiger charge is 2.30. The van der Waals surface area contributed by atoms with Gasteiger partial charge in [0.1, 0.15) is 17.1 Å². The fourth-order valence-corrected chi connectivity index (χ4v) is 2.25. The SMILES string of the molecule is CC1CC(NC(=O)c2c(F)ccc([N+](=O)[O-])c2N)C1. The molecule has 0 aromatic heterocycles. The summed E-state index contributed by atoms with van der Waals surface area (Å²) in [6, 6.07) is 1.82. The molecule has 0 atom stereocenters. The average Bonchev–Trinajstić information content (AvgIpc) is 2.26. The van der Waals surface area contributed by atoms with Gasteiger partial charge in [-0.3, -0.25) is 14.9 Å². The van der Waals surface area contributed by atoms with E-state index in [9.17, 15) is 19.3 Å². The molecule has 1 aromatic rings. The lowest BCUT2D eigenvalue weighted by atomic mass is 9.82. The number of carbonyl (C=O) groups is 1. The lowest BCUT2D eigenvalue weighted by Gasteiger charge is -2.33. The average molecular weight is 267 g/mol. The van der Waals surface area contributed by atoms with Crippen LogP contribution in [0.5, 0.6) is 0 Å². The van der Waals surface area contributed by atoms with Crippen molar-refractivity contribution in [3.63, 3.8) is 0 Å². The van der Waals surface area contributed by atoms with Crippen LogP contribution in [0.15, 0.2) is 12.1 Å². The van der Waals surface area contributed by atoms with Gasteiger partial charge in [-0.2, -0.15) is 0 Å². The maximum Gasteiger partial charge on any atom is 0.293 e. The van der Waals surface area contributed by atoms with Gasteiger partial charge in [0.2, 0.25) is 0 Å². The predicted octanol–water partition coefficient (Wildman–Crippen LogP) is 1.84. The molecule has 0 heterocycles. The van der Waals surface area contributed by atoms with Gasteiger partial charge in [0, 0.05) is 12.1 Å². The third-order valence-electron chi connectivity index (χ3n) is 3.30. The second kappa shape index (κ2) is 4.83. The molecule has 102 valence electrons. The molecule has 1 fully saturated rings. The smallest absolute Gasteiger partial charge is 0.293 e. The second-order valence-corrected chi connectivity index (χ2v) is 4.86. The number of rotatable bonds is 3. The van der Waals surface area contributed by atoms with Crippen LogP contribution in [0.3, 0.4) is 0 Å². The molecule has 0 radical (unpaired) electrons. The summed E-state index contributed by atoms with van der Waals surface area (Å²) in [5, 5.41) is 13.3. The molecule has 2 rings (SSSR count). The summed E-state index contributed by atoms with van der Waals surface area (Å²) >= 11 is 0. The largest absolute Gasteiger partial charge is 0.392 e. The molecule has 0 saturated heterocycles. The van der Waals surface area contributed by atoms with Crippen LogP contribution in [-0.4, -0.2) is 16.9 Å². The minimum Gasteiger partial charge on any atom is -0.392 e. The van der Waals surface area contributed by atoms with E-state index in [-0.39, 0.29) is 6.04 Å². The molecule has 1 saturated carbocycles. The Labute approximate surface area is 108 Å². The molecule has 19 heavy (non-hydrogen) atoms. The zero-order valence-electron chi connectivity index (χ0n) is 10.4. The third-order valence-corrected chi connectivity index (χ3v) is 3.30. The van der Waals surface area contributed by atoms with Crippen molar-refractivity contribution in [1.29, 1.82) is 0 Å². The normalized spacial score (nSPS) is 21.6. The zero-order valence-corrected chi connectivity index (χ0v) is 10.4. The fourth-order valence-electron chi connectivity index (χ4n) is 2.25. The van der Waals surface area contributed by atoms with E-state index in [2.05, 4.69) is 5.32 Å². The predicted molar refractivity (Wildman–Crippen MR) is 67.1 cm³/mol. The van der Waals surface area contributed by atoms with Crippen LogP contribution >= 0.6 is 0 Å². The Kier molecular flexibility index (Phi) is 3.37. The Morgan fingerprint density at radius 3 is 2.68 bits per heavy atom. The molecule has 1 aromatic carbocycles. The molecule has 3 N–H and O–H groups in total. The monoisotopic (exact) mass is 267 g/mol. The summed E-state index contributed by atoms with van der Waals surface area (Å²) in [7, 11) is 0. The van der Waals surface area contributed by atoms with Crippen LogP contribution in [0, 0.1) is 21.8 Å². The Bertz CT molecular complexity index is 541. The van der Waals surface area contributed by atoms with Gasteiger partial charge >= 0.3 is 0 Å². The Hall–Kier alpha value is -2.18. The summed E-state index contributed by atoms with van der Waals surface area (Å²) < 4.78 is 13.6. The number of nitrogens with one attached hydrogen (secondary N) is 1. The van der Waals surface area contributed by atoms with E-state index in [1.54, 1.807) is 0 Å². The van der Waals surface area contributed by atoms with Crippen LogP contribution < -0.4 is 11.1 Å². The summed E-state index contributed by atoms with van der Waals surface area (Å²) in [5.74, 6) is -1.03. The molecule has 6 nitrogen and oxygen atoms in total. The van der Waals surface area contributed by atoms with Gasteiger partial charge in [-0.05, 0) is 24.8 Å². The van der Waals surface area contributed by atoms with Crippen molar-refractivity contribution in [2.75, 3.05) is 5.73 Å². The summed E-state index contributed by atoms with van der Waals surface area (Å²) in [4.78, 5) is 21.9. The van der Waals surface area contributed by atoms with E-state index in [1.807, 2.05) is 6.92 Å². The number of benzene rings is 1. The van der Waals surface area contributed by atoms with Crippen molar-refractivity contribution in [1.82, 2.24) is 5.32 Å². The molecule has 0 aliphatic heterocycles. The second-order valence-electron chi connectivity index (χ2n) is 4.86. The van der Waals surface area contributed by atoms with E-state index in [0.29, 0.717) is 5.92 Å². The topological polar surface area (TPSA) is 98.3 Å². The van der Waals surface area contributed by atoms with E-state index in [4.69, 9.17) is 5.73 Å². The van der Waals surface area contributed by atoms with Gasteiger partial charge in [0.15, 0.2) is 0 Å². The molecular weight excluding hydrogens is 253 g/mol. The van der Waals surface area contributed by atoms with Gasteiger partial charge in [0.05, 0.1) is 4.92 Å². The van der Waals surface area contributed by atoms with Crippen molar-refractivity contribution in [3.8, 4) is 0 Å². The Balaban J connectivity index is 2.25. The molecule has 1 aliphatic rings. The number of nitrogen functional groups attached to an aromatic ring is 1. The summed E-state index contributed by atoms with van der Waals surface area (Å²) in [6.07, 6.45) is 1.64. The summed E-state index contributed by atoms with van der Waals surface area (Å²) in [6.45, 7) is 2.05. The van der Waals surface area contributed by atoms with Crippen molar-refractivity contribution in [2.45, 2.75) is 25.8 Å². The number of hydrogen-bond acceptors (Lipinski definition) is 4. The Morgan fingerprint density at radius 2 is 2.16 bits per heavy atom. The first-order valence-corrected chi connectivity index (χ1v) is 5.93. The maximum atomic E-state index is 13.6. The molecule has 0 unspecified atom stereocenters. The number of halogens is 1. The molecule has 0 spiro atoms. The first kappa shape index (κ1) is 13.3. The van der Waals surface area contributed by atoms with Crippen molar-refractivity contribution < 1.29 is 14.1 Å². The van der Waals surface area contributed by atoms with Crippen LogP contribution in [0.2, 0.25) is 0 Å². The summed E-state index contributed by atoms with van der Waals surface area (Å²) in [5.41, 5.74) is 4.16. The van der Waals surface area contributed by atoms with Crippen LogP contribution in [0.4, 0.5) is 15.8 Å². The van der Waals surface area contributed by atoms with Crippen molar-refractivity contribution in [3.05, 3.63) is 33.6 Å². The van der Waals surface area contributed by atoms with Gasteiger partial charge in [-0.25, -0.2) is 4.39 Å². The molecular formula is C12H14FN3O3. The van der Waals surface area contributed by atoms with Crippen molar-refractivity contribution in [2.24, 2.45) is 5.92 Å². The van der Waals surface area contributed by atoms with Crippen LogP contribution in [0.25, 0.3) is 0 Å². The van der Waals surface area contributed by atoms with Gasteiger partial charge in [-0.15, -0.1) is 0 Å². The molecule has 1 aliphatic carbocycles. The van der Waals surface area contributed by atoms with E-state index in [1.165, 1.54) is 0 Å². The molecule has 1 amide bonds. The highest BCUT2D eigenvalue weighted by Crippen LogP contribution is 2.30. The molecule has 0 bridgehead atoms. The van der Waals surface area contributed by atoms with Gasteiger partial charge in [-0.1, -0.05) is 6.92 Å². The number of hydrogen-bond donors (Lipinski definition) is 2. The molecule has 7 heteroatoms. The van der Waals surface area contributed by atoms with Gasteiger partial charge < -0.3 is 11.1 Å². The Morgan fingerprint density at radius 1 is 1.53 bits per heavy atom. The number of carbonyl (C=O) groups excluding carboxylic acids is 1. The fraction of sp³-hybridized carbons (Fsp3) is 0.417. The number of nitrogens with two attached hydrogens (primary N) is 1. The minimum absolute atomic E-state index is 0.0134. The number of amides is 1. The quantitative estimate of drug-likeness (QED) is 0.496. The number of anilines is 1. The number of nitrogens with zero attached hydrogens (tertiary/aromatic N) is 1. The van der Waals surface area contributed by atoms with Crippen molar-refractivity contribution >= 4 is 17.3 Å². The van der Waals surface area contributed by atoms with Crippen LogP contribution in [-0.2, 0) is 0 Å². The van der Waals surface area contributed by atoms with Crippen LogP contribution in [0.1, 0.15) is 30.1 Å². The number of nitro groups is 1. The lowest BCUT2D eigenvalue weighted by molar-refractivity contribution is -0.384. The lowest BCUT2D eigenvalue weighted by Crippen LogP contribution is -2.43. The van der Waals surface area contributed by atoms with Gasteiger partial charge in [0.25, 0.3) is 11.6 Å². The maximum absolute atomic E-state index is 13.6. The first-order chi connectivity index (χ1) is 8.90. The zero-order chi connectivity index (χ0) is 14.2. The number of nitro benzene ring substituents is 1. The first-order valence-electron chi connectivity index (χ1n) is 5.93. The van der Waals surface area contributed by atoms with E-state index < -0.39 is 33.6 Å². The third kappa shape index (κ3) is 2.49. The van der Waals surface area contributed by atoms with E-state index >= 15 is 0 Å². The highest BCUT2D eigenvalue weighted by molar-refractivity contribution is 6.01.